The first-order valence-corrected chi connectivity index (χ1v) is 4.48. The van der Waals surface area contributed by atoms with Crippen molar-refractivity contribution >= 4 is 0 Å². The summed E-state index contributed by atoms with van der Waals surface area (Å²) >= 11 is 0. The first-order chi connectivity index (χ1) is 5.49. The Labute approximate surface area is 74.4 Å². The summed E-state index contributed by atoms with van der Waals surface area (Å²) in [5, 5.41) is 0. The summed E-state index contributed by atoms with van der Waals surface area (Å²) in [6, 6.07) is 0. The lowest BCUT2D eigenvalue weighted by Crippen LogP contribution is -2.10. The van der Waals surface area contributed by atoms with Gasteiger partial charge in [0.15, 0.2) is 0 Å². The van der Waals surface area contributed by atoms with Gasteiger partial charge in [0.2, 0.25) is 0 Å². The maximum Gasteiger partial charge on any atom is 0.108 e. The second kappa shape index (κ2) is 3.30. The Morgan fingerprint density at radius 3 is 2.58 bits per heavy atom. The Kier molecular flexibility index (Phi) is 2.55. The Morgan fingerprint density at radius 2 is 2.17 bits per heavy atom. The molecule has 0 aliphatic heterocycles. The van der Waals surface area contributed by atoms with Gasteiger partial charge >= 0.3 is 0 Å². The van der Waals surface area contributed by atoms with Crippen LogP contribution >= 0.6 is 0 Å². The molecule has 2 heteroatoms. The summed E-state index contributed by atoms with van der Waals surface area (Å²) in [6.07, 6.45) is 4.86. The van der Waals surface area contributed by atoms with Crippen LogP contribution < -0.4 is 0 Å². The third-order valence-corrected chi connectivity index (χ3v) is 1.90. The number of hydrogen-bond acceptors (Lipinski definition) is 1. The minimum atomic E-state index is 0.381. The molecule has 12 heavy (non-hydrogen) atoms. The molecule has 68 valence electrons. The molecule has 1 aromatic heterocycles. The number of H-pyrrole nitrogens is 1. The monoisotopic (exact) mass is 166 g/mol. The van der Waals surface area contributed by atoms with Crippen molar-refractivity contribution in [1.29, 1.82) is 0 Å². The Balaban J connectivity index is 2.56. The molecule has 1 aromatic rings. The van der Waals surface area contributed by atoms with Gasteiger partial charge in [-0.1, -0.05) is 27.7 Å². The van der Waals surface area contributed by atoms with Gasteiger partial charge in [-0.15, -0.1) is 0 Å². The Bertz CT molecular complexity index is 218. The smallest absolute Gasteiger partial charge is 0.108 e. The van der Waals surface area contributed by atoms with Crippen LogP contribution in [0.3, 0.4) is 0 Å². The molecule has 1 atom stereocenters. The van der Waals surface area contributed by atoms with E-state index < -0.39 is 0 Å². The molecule has 0 aromatic carbocycles. The summed E-state index contributed by atoms with van der Waals surface area (Å²) in [5.74, 6) is 1.63. The molecule has 0 spiro atoms. The second-order valence-corrected chi connectivity index (χ2v) is 4.64. The highest BCUT2D eigenvalue weighted by Crippen LogP contribution is 2.28. The van der Waals surface area contributed by atoms with E-state index in [-0.39, 0.29) is 0 Å². The number of aromatic amines is 1. The number of aromatic nitrogens is 2. The lowest BCUT2D eigenvalue weighted by Gasteiger charge is -2.21. The first kappa shape index (κ1) is 9.30. The van der Waals surface area contributed by atoms with Crippen LogP contribution in [0.4, 0.5) is 0 Å². The van der Waals surface area contributed by atoms with Crippen molar-refractivity contribution in [2.24, 2.45) is 5.41 Å². The van der Waals surface area contributed by atoms with E-state index >= 15 is 0 Å². The Hall–Kier alpha value is -0.790. The van der Waals surface area contributed by atoms with Gasteiger partial charge in [-0.2, -0.15) is 0 Å². The molecule has 0 aliphatic rings. The zero-order valence-corrected chi connectivity index (χ0v) is 8.39. The molecule has 0 saturated carbocycles. The fourth-order valence-electron chi connectivity index (χ4n) is 1.56. The highest BCUT2D eigenvalue weighted by atomic mass is 14.9. The maximum absolute atomic E-state index is 4.24. The summed E-state index contributed by atoms with van der Waals surface area (Å²) in [5.41, 5.74) is 0.381. The molecular weight excluding hydrogens is 148 g/mol. The van der Waals surface area contributed by atoms with Gasteiger partial charge in [0, 0.05) is 18.3 Å². The molecule has 0 fully saturated rings. The van der Waals surface area contributed by atoms with Gasteiger partial charge in [-0.3, -0.25) is 0 Å². The highest BCUT2D eigenvalue weighted by Gasteiger charge is 2.17. The van der Waals surface area contributed by atoms with Gasteiger partial charge in [-0.25, -0.2) is 4.98 Å². The van der Waals surface area contributed by atoms with Gasteiger partial charge in [0.25, 0.3) is 0 Å². The van der Waals surface area contributed by atoms with E-state index in [1.165, 1.54) is 6.42 Å². The number of rotatable bonds is 2. The van der Waals surface area contributed by atoms with E-state index in [4.69, 9.17) is 0 Å². The highest BCUT2D eigenvalue weighted by molar-refractivity contribution is 4.95. The number of hydrogen-bond donors (Lipinski definition) is 1. The Morgan fingerprint density at radius 1 is 1.50 bits per heavy atom. The fraction of sp³-hybridized carbons (Fsp3) is 0.700. The summed E-state index contributed by atoms with van der Waals surface area (Å²) in [7, 11) is 0. The van der Waals surface area contributed by atoms with Crippen LogP contribution in [0, 0.1) is 5.41 Å². The lowest BCUT2D eigenvalue weighted by molar-refractivity contribution is 0.344. The van der Waals surface area contributed by atoms with Gasteiger partial charge in [-0.05, 0) is 11.8 Å². The van der Waals surface area contributed by atoms with Crippen LogP contribution in [0.5, 0.6) is 0 Å². The van der Waals surface area contributed by atoms with Crippen molar-refractivity contribution in [2.45, 2.75) is 40.0 Å². The van der Waals surface area contributed by atoms with Crippen molar-refractivity contribution in [3.05, 3.63) is 18.2 Å². The van der Waals surface area contributed by atoms with Crippen molar-refractivity contribution in [3.63, 3.8) is 0 Å². The zero-order chi connectivity index (χ0) is 9.19. The normalized spacial score (nSPS) is 14.7. The van der Waals surface area contributed by atoms with E-state index in [9.17, 15) is 0 Å². The molecule has 0 radical (unpaired) electrons. The maximum atomic E-state index is 4.24. The van der Waals surface area contributed by atoms with Crippen molar-refractivity contribution in [3.8, 4) is 0 Å². The quantitative estimate of drug-likeness (QED) is 0.719. The average Bonchev–Trinajstić information content (AvgIpc) is 2.32. The molecule has 0 amide bonds. The number of nitrogens with one attached hydrogen (secondary N) is 1. The van der Waals surface area contributed by atoms with Gasteiger partial charge < -0.3 is 4.98 Å². The summed E-state index contributed by atoms with van der Waals surface area (Å²) in [4.78, 5) is 7.39. The molecule has 0 saturated heterocycles. The summed E-state index contributed by atoms with van der Waals surface area (Å²) < 4.78 is 0. The lowest BCUT2D eigenvalue weighted by atomic mass is 9.85. The second-order valence-electron chi connectivity index (χ2n) is 4.64. The van der Waals surface area contributed by atoms with Crippen LogP contribution in [0.1, 0.15) is 45.9 Å². The fourth-order valence-corrected chi connectivity index (χ4v) is 1.56. The van der Waals surface area contributed by atoms with Crippen LogP contribution in [-0.4, -0.2) is 9.97 Å². The molecule has 1 heterocycles. The molecule has 0 bridgehead atoms. The van der Waals surface area contributed by atoms with Crippen LogP contribution in [0.25, 0.3) is 0 Å². The molecule has 2 nitrogen and oxygen atoms in total. The van der Waals surface area contributed by atoms with E-state index in [1.54, 1.807) is 0 Å². The predicted molar refractivity (Wildman–Crippen MR) is 51.1 cm³/mol. The third kappa shape index (κ3) is 2.68. The van der Waals surface area contributed by atoms with Gasteiger partial charge in [0.1, 0.15) is 5.82 Å². The predicted octanol–water partition coefficient (Wildman–Crippen LogP) is 2.95. The van der Waals surface area contributed by atoms with E-state index in [0.29, 0.717) is 11.3 Å². The van der Waals surface area contributed by atoms with Crippen LogP contribution in [-0.2, 0) is 0 Å². The van der Waals surface area contributed by atoms with Crippen molar-refractivity contribution < 1.29 is 0 Å². The standard InChI is InChI=1S/C10H18N2/c1-8(7-10(2,3)4)9-11-5-6-12-9/h5-6,8H,7H2,1-4H3,(H,11,12). The van der Waals surface area contributed by atoms with Gasteiger partial charge in [0.05, 0.1) is 0 Å². The molecule has 1 unspecified atom stereocenters. The van der Waals surface area contributed by atoms with E-state index in [0.717, 1.165) is 5.82 Å². The topological polar surface area (TPSA) is 28.7 Å². The van der Waals surface area contributed by atoms with E-state index in [1.807, 2.05) is 12.4 Å². The minimum Gasteiger partial charge on any atom is -0.348 e. The number of nitrogens with zero attached hydrogens (tertiary/aromatic N) is 1. The van der Waals surface area contributed by atoms with Crippen LogP contribution in [0.2, 0.25) is 0 Å². The number of imidazole rings is 1. The minimum absolute atomic E-state index is 0.381. The molecular formula is C10H18N2. The zero-order valence-electron chi connectivity index (χ0n) is 8.39. The third-order valence-electron chi connectivity index (χ3n) is 1.90. The SMILES string of the molecule is CC(CC(C)(C)C)c1ncc[nH]1. The molecule has 1 rings (SSSR count). The average molecular weight is 166 g/mol. The van der Waals surface area contributed by atoms with Crippen molar-refractivity contribution in [1.82, 2.24) is 9.97 Å². The largest absolute Gasteiger partial charge is 0.348 e. The van der Waals surface area contributed by atoms with E-state index in [2.05, 4.69) is 37.7 Å². The van der Waals surface area contributed by atoms with Crippen molar-refractivity contribution in [2.75, 3.05) is 0 Å². The first-order valence-electron chi connectivity index (χ1n) is 4.48. The molecule has 0 aliphatic carbocycles. The van der Waals surface area contributed by atoms with Crippen LogP contribution in [0.15, 0.2) is 12.4 Å². The molecule has 1 N–H and O–H groups in total. The summed E-state index contributed by atoms with van der Waals surface area (Å²) in [6.45, 7) is 8.98.